The summed E-state index contributed by atoms with van der Waals surface area (Å²) < 4.78 is 8.71. The van der Waals surface area contributed by atoms with E-state index < -0.39 is 5.69 Å². The van der Waals surface area contributed by atoms with E-state index in [1.807, 2.05) is 57.2 Å². The molecular weight excluding hydrogens is 438 g/mol. The Hall–Kier alpha value is -3.65. The van der Waals surface area contributed by atoms with Crippen molar-refractivity contribution >= 4 is 33.1 Å². The van der Waals surface area contributed by atoms with Crippen LogP contribution in [0, 0.1) is 20.8 Å². The highest BCUT2D eigenvalue weighted by Crippen LogP contribution is 2.32. The van der Waals surface area contributed by atoms with Gasteiger partial charge in [-0.2, -0.15) is 0 Å². The fraction of sp³-hybridized carbons (Fsp3) is 0.240. The molecule has 0 spiro atoms. The molecule has 0 fully saturated rings. The van der Waals surface area contributed by atoms with Crippen LogP contribution in [-0.2, 0) is 11.3 Å². The minimum atomic E-state index is -0.526. The van der Waals surface area contributed by atoms with Gasteiger partial charge in [-0.1, -0.05) is 12.1 Å². The second-order valence-corrected chi connectivity index (χ2v) is 9.27. The molecule has 0 bridgehead atoms. The predicted molar refractivity (Wildman–Crippen MR) is 130 cm³/mol. The molecule has 0 atom stereocenters. The summed E-state index contributed by atoms with van der Waals surface area (Å²) >= 11 is 1.27. The van der Waals surface area contributed by atoms with Crippen molar-refractivity contribution in [3.63, 3.8) is 0 Å². The first-order chi connectivity index (χ1) is 15.8. The number of rotatable bonds is 3. The van der Waals surface area contributed by atoms with Crippen LogP contribution in [-0.4, -0.2) is 28.2 Å². The molecule has 3 heterocycles. The molecule has 8 heteroatoms. The van der Waals surface area contributed by atoms with Crippen LogP contribution in [0.4, 0.5) is 5.69 Å². The average molecular weight is 462 g/mol. The fourth-order valence-corrected chi connectivity index (χ4v) is 5.18. The van der Waals surface area contributed by atoms with E-state index in [2.05, 4.69) is 0 Å². The summed E-state index contributed by atoms with van der Waals surface area (Å²) in [5.74, 6) is 0.416. The molecule has 33 heavy (non-hydrogen) atoms. The summed E-state index contributed by atoms with van der Waals surface area (Å²) in [5, 5.41) is 1.77. The Morgan fingerprint density at radius 2 is 1.76 bits per heavy atom. The highest BCUT2D eigenvalue weighted by molar-refractivity contribution is 7.17. The van der Waals surface area contributed by atoms with Crippen LogP contribution in [0.5, 0.6) is 5.75 Å². The molecule has 1 aliphatic rings. The van der Waals surface area contributed by atoms with Crippen LogP contribution in [0.25, 0.3) is 15.9 Å². The van der Waals surface area contributed by atoms with Gasteiger partial charge in [0.2, 0.25) is 5.91 Å². The van der Waals surface area contributed by atoms with Crippen LogP contribution >= 0.6 is 11.3 Å². The van der Waals surface area contributed by atoms with E-state index in [-0.39, 0.29) is 18.0 Å². The van der Waals surface area contributed by atoms with Crippen molar-refractivity contribution in [3.05, 3.63) is 85.4 Å². The number of carbonyl (C=O) groups excluding carboxylic acids is 1. The molecule has 0 aliphatic carbocycles. The lowest BCUT2D eigenvalue weighted by molar-refractivity contribution is -0.119. The number of benzene rings is 2. The van der Waals surface area contributed by atoms with Gasteiger partial charge in [-0.3, -0.25) is 14.2 Å². The molecule has 0 unspecified atom stereocenters. The maximum atomic E-state index is 13.6. The molecule has 0 radical (unpaired) electrons. The Bertz CT molecular complexity index is 1510. The number of aromatic nitrogens is 2. The molecule has 168 valence electrons. The number of anilines is 1. The first-order valence-corrected chi connectivity index (χ1v) is 11.6. The number of thiophene rings is 1. The molecule has 7 nitrogen and oxygen atoms in total. The van der Waals surface area contributed by atoms with E-state index in [4.69, 9.17) is 4.74 Å². The lowest BCUT2D eigenvalue weighted by atomic mass is 10.1. The lowest BCUT2D eigenvalue weighted by Gasteiger charge is -2.30. The summed E-state index contributed by atoms with van der Waals surface area (Å²) in [4.78, 5) is 41.9. The molecule has 0 saturated carbocycles. The zero-order valence-corrected chi connectivity index (χ0v) is 19.4. The van der Waals surface area contributed by atoms with Gasteiger partial charge in [0.15, 0.2) is 0 Å². The first kappa shape index (κ1) is 21.2. The molecule has 0 N–H and O–H groups in total. The minimum Gasteiger partial charge on any atom is -0.490 e. The standard InChI is InChI=1S/C25H23N3O4S/c1-15-4-5-21-20(13-15)26(7-8-32-21)22(29)14-27-19-6-9-33-23(19)24(30)28(25(27)31)18-11-16(2)10-17(3)12-18/h4-6,9-13H,7-8,14H2,1-3H3. The van der Waals surface area contributed by atoms with Gasteiger partial charge in [0.1, 0.15) is 23.6 Å². The molecule has 2 aromatic carbocycles. The number of ether oxygens (including phenoxy) is 1. The van der Waals surface area contributed by atoms with E-state index in [9.17, 15) is 14.4 Å². The quantitative estimate of drug-likeness (QED) is 0.468. The maximum absolute atomic E-state index is 13.6. The van der Waals surface area contributed by atoms with Crippen molar-refractivity contribution in [2.45, 2.75) is 27.3 Å². The van der Waals surface area contributed by atoms with E-state index >= 15 is 0 Å². The zero-order chi connectivity index (χ0) is 23.3. The van der Waals surface area contributed by atoms with Gasteiger partial charge in [-0.25, -0.2) is 9.36 Å². The minimum absolute atomic E-state index is 0.176. The number of amides is 1. The summed E-state index contributed by atoms with van der Waals surface area (Å²) in [6.07, 6.45) is 0. The van der Waals surface area contributed by atoms with Crippen molar-refractivity contribution in [2.75, 3.05) is 18.1 Å². The summed E-state index contributed by atoms with van der Waals surface area (Å²) in [6, 6.07) is 13.0. The van der Waals surface area contributed by atoms with Gasteiger partial charge in [0.25, 0.3) is 5.56 Å². The monoisotopic (exact) mass is 461 g/mol. The molecular formula is C25H23N3O4S. The van der Waals surface area contributed by atoms with Crippen molar-refractivity contribution in [1.82, 2.24) is 9.13 Å². The third-order valence-electron chi connectivity index (χ3n) is 5.79. The van der Waals surface area contributed by atoms with E-state index in [0.29, 0.717) is 40.5 Å². The lowest BCUT2D eigenvalue weighted by Crippen LogP contribution is -2.44. The second-order valence-electron chi connectivity index (χ2n) is 8.36. The van der Waals surface area contributed by atoms with Gasteiger partial charge < -0.3 is 9.64 Å². The van der Waals surface area contributed by atoms with E-state index in [1.165, 1.54) is 20.5 Å². The van der Waals surface area contributed by atoms with Gasteiger partial charge in [0.05, 0.1) is 23.4 Å². The van der Waals surface area contributed by atoms with Crippen LogP contribution in [0.15, 0.2) is 57.4 Å². The van der Waals surface area contributed by atoms with Crippen LogP contribution in [0.1, 0.15) is 16.7 Å². The molecule has 5 rings (SSSR count). The van der Waals surface area contributed by atoms with Gasteiger partial charge >= 0.3 is 5.69 Å². The molecule has 0 saturated heterocycles. The number of hydrogen-bond donors (Lipinski definition) is 0. The smallest absolute Gasteiger partial charge is 0.336 e. The predicted octanol–water partition coefficient (Wildman–Crippen LogP) is 3.56. The number of nitrogens with zero attached hydrogens (tertiary/aromatic N) is 3. The SMILES string of the molecule is Cc1cc(C)cc(-n2c(=O)c3sccc3n(CC(=O)N3CCOc4ccc(C)cc43)c2=O)c1. The van der Waals surface area contributed by atoms with E-state index in [1.54, 1.807) is 16.3 Å². The second kappa shape index (κ2) is 8.04. The van der Waals surface area contributed by atoms with E-state index in [0.717, 1.165) is 16.7 Å². The molecule has 1 aliphatic heterocycles. The Balaban J connectivity index is 1.64. The number of fused-ring (bicyclic) bond motifs is 2. The molecule has 4 aromatic rings. The van der Waals surface area contributed by atoms with Gasteiger partial charge in [0, 0.05) is 0 Å². The third-order valence-corrected chi connectivity index (χ3v) is 6.68. The van der Waals surface area contributed by atoms with Crippen LogP contribution in [0.2, 0.25) is 0 Å². The van der Waals surface area contributed by atoms with Gasteiger partial charge in [-0.05, 0) is 73.2 Å². The van der Waals surface area contributed by atoms with Crippen molar-refractivity contribution in [1.29, 1.82) is 0 Å². The van der Waals surface area contributed by atoms with Crippen molar-refractivity contribution in [3.8, 4) is 11.4 Å². The molecule has 1 amide bonds. The molecule has 2 aromatic heterocycles. The number of aryl methyl sites for hydroxylation is 3. The Morgan fingerprint density at radius 1 is 1.00 bits per heavy atom. The highest BCUT2D eigenvalue weighted by atomic mass is 32.1. The number of hydrogen-bond acceptors (Lipinski definition) is 5. The summed E-state index contributed by atoms with van der Waals surface area (Å²) in [7, 11) is 0. The fourth-order valence-electron chi connectivity index (χ4n) is 4.35. The third kappa shape index (κ3) is 3.66. The summed E-state index contributed by atoms with van der Waals surface area (Å²) in [5.41, 5.74) is 3.69. The average Bonchev–Trinajstić information content (AvgIpc) is 3.26. The first-order valence-electron chi connectivity index (χ1n) is 10.7. The Labute approximate surface area is 194 Å². The van der Waals surface area contributed by atoms with Crippen molar-refractivity contribution < 1.29 is 9.53 Å². The Kier molecular flexibility index (Phi) is 5.17. The normalized spacial score (nSPS) is 13.1. The van der Waals surface area contributed by atoms with Crippen molar-refractivity contribution in [2.24, 2.45) is 0 Å². The number of carbonyl (C=O) groups is 1. The topological polar surface area (TPSA) is 73.5 Å². The largest absolute Gasteiger partial charge is 0.490 e. The Morgan fingerprint density at radius 3 is 2.52 bits per heavy atom. The highest BCUT2D eigenvalue weighted by Gasteiger charge is 2.26. The van der Waals surface area contributed by atoms with Crippen LogP contribution < -0.4 is 20.9 Å². The van der Waals surface area contributed by atoms with Crippen LogP contribution in [0.3, 0.4) is 0 Å². The maximum Gasteiger partial charge on any atom is 0.336 e. The van der Waals surface area contributed by atoms with Gasteiger partial charge in [-0.15, -0.1) is 11.3 Å². The zero-order valence-electron chi connectivity index (χ0n) is 18.6. The summed E-state index contributed by atoms with van der Waals surface area (Å²) in [6.45, 7) is 6.40.